The smallest absolute Gasteiger partial charge is 0.160 e. The molecule has 0 aliphatic rings. The van der Waals surface area contributed by atoms with Crippen molar-refractivity contribution >= 4 is 0 Å². The van der Waals surface area contributed by atoms with Crippen molar-refractivity contribution in [2.24, 2.45) is 5.92 Å². The minimum absolute atomic E-state index is 0.161. The van der Waals surface area contributed by atoms with Gasteiger partial charge >= 0.3 is 0 Å². The van der Waals surface area contributed by atoms with Gasteiger partial charge in [0.1, 0.15) is 5.82 Å². The Kier molecular flexibility index (Phi) is 6.22. The minimum atomic E-state index is 0.161. The quantitative estimate of drug-likeness (QED) is 0.823. The van der Waals surface area contributed by atoms with Gasteiger partial charge in [0.15, 0.2) is 5.75 Å². The van der Waals surface area contributed by atoms with E-state index in [-0.39, 0.29) is 6.10 Å². The molecular formula is C15H27N3O. The van der Waals surface area contributed by atoms with Gasteiger partial charge in [-0.1, -0.05) is 34.6 Å². The van der Waals surface area contributed by atoms with E-state index >= 15 is 0 Å². The van der Waals surface area contributed by atoms with E-state index in [0.29, 0.717) is 11.8 Å². The first kappa shape index (κ1) is 15.9. The second-order valence-corrected chi connectivity index (χ2v) is 5.54. The van der Waals surface area contributed by atoms with Crippen molar-refractivity contribution < 1.29 is 4.74 Å². The van der Waals surface area contributed by atoms with Crippen LogP contribution in [0, 0.1) is 5.92 Å². The Morgan fingerprint density at radius 3 is 2.42 bits per heavy atom. The molecule has 0 fully saturated rings. The van der Waals surface area contributed by atoms with Crippen LogP contribution in [0.15, 0.2) is 6.20 Å². The molecule has 0 aliphatic carbocycles. The predicted molar refractivity (Wildman–Crippen MR) is 78.4 cm³/mol. The van der Waals surface area contributed by atoms with Crippen LogP contribution in [0.2, 0.25) is 0 Å². The zero-order valence-electron chi connectivity index (χ0n) is 13.0. The average molecular weight is 265 g/mol. The highest BCUT2D eigenvalue weighted by Crippen LogP contribution is 2.21. The highest BCUT2D eigenvalue weighted by atomic mass is 16.5. The van der Waals surface area contributed by atoms with Crippen LogP contribution in [0.5, 0.6) is 5.75 Å². The number of rotatable bonds is 7. The third-order valence-corrected chi connectivity index (χ3v) is 3.16. The van der Waals surface area contributed by atoms with Gasteiger partial charge in [-0.3, -0.25) is 0 Å². The molecule has 4 heteroatoms. The summed E-state index contributed by atoms with van der Waals surface area (Å²) in [4.78, 5) is 9.02. The maximum Gasteiger partial charge on any atom is 0.160 e. The Hall–Kier alpha value is -1.16. The summed E-state index contributed by atoms with van der Waals surface area (Å²) >= 11 is 0. The molecule has 4 nitrogen and oxygen atoms in total. The van der Waals surface area contributed by atoms with Gasteiger partial charge in [-0.05, 0) is 19.4 Å². The van der Waals surface area contributed by atoms with Gasteiger partial charge in [-0.15, -0.1) is 0 Å². The van der Waals surface area contributed by atoms with Crippen molar-refractivity contribution in [3.8, 4) is 5.75 Å². The first-order valence-corrected chi connectivity index (χ1v) is 7.18. The lowest BCUT2D eigenvalue weighted by atomic mass is 10.1. The topological polar surface area (TPSA) is 47.0 Å². The van der Waals surface area contributed by atoms with Crippen molar-refractivity contribution in [3.63, 3.8) is 0 Å². The van der Waals surface area contributed by atoms with Crippen LogP contribution >= 0.6 is 0 Å². The number of ether oxygens (including phenoxy) is 1. The normalized spacial score (nSPS) is 13.1. The summed E-state index contributed by atoms with van der Waals surface area (Å²) in [5, 5.41) is 3.30. The predicted octanol–water partition coefficient (Wildman–Crippen LogP) is 3.13. The average Bonchev–Trinajstić information content (AvgIpc) is 2.37. The molecule has 0 saturated carbocycles. The van der Waals surface area contributed by atoms with E-state index in [1.54, 1.807) is 0 Å². The molecular weight excluding hydrogens is 238 g/mol. The second kappa shape index (κ2) is 7.43. The maximum atomic E-state index is 5.97. The number of aromatic nitrogens is 2. The zero-order chi connectivity index (χ0) is 14.4. The summed E-state index contributed by atoms with van der Waals surface area (Å²) in [6.45, 7) is 14.3. The van der Waals surface area contributed by atoms with Crippen LogP contribution in [-0.4, -0.2) is 22.6 Å². The second-order valence-electron chi connectivity index (χ2n) is 5.54. The third-order valence-electron chi connectivity index (χ3n) is 3.16. The van der Waals surface area contributed by atoms with Crippen molar-refractivity contribution in [3.05, 3.63) is 17.7 Å². The van der Waals surface area contributed by atoms with Crippen LogP contribution in [0.3, 0.4) is 0 Å². The minimum Gasteiger partial charge on any atom is -0.487 e. The molecule has 1 aromatic rings. The lowest BCUT2D eigenvalue weighted by Gasteiger charge is -2.20. The molecule has 1 rings (SSSR count). The summed E-state index contributed by atoms with van der Waals surface area (Å²) in [5.41, 5.74) is 0.952. The molecule has 108 valence electrons. The van der Waals surface area contributed by atoms with Crippen molar-refractivity contribution in [1.29, 1.82) is 0 Å². The van der Waals surface area contributed by atoms with Gasteiger partial charge in [0.25, 0.3) is 0 Å². The SMILES string of the molecule is CCNCc1nc(C(C)C)ncc1OC(C)C(C)C. The first-order chi connectivity index (χ1) is 8.95. The van der Waals surface area contributed by atoms with Gasteiger partial charge in [0, 0.05) is 12.5 Å². The Bertz CT molecular complexity index is 391. The molecule has 1 unspecified atom stereocenters. The summed E-state index contributed by atoms with van der Waals surface area (Å²) in [6.07, 6.45) is 1.97. The standard InChI is InChI=1S/C15H27N3O/c1-7-16-8-13-14(19-12(6)10(2)3)9-17-15(18-13)11(4)5/h9-12,16H,7-8H2,1-6H3. The zero-order valence-corrected chi connectivity index (χ0v) is 13.0. The van der Waals surface area contributed by atoms with E-state index in [0.717, 1.165) is 30.4 Å². The number of nitrogens with one attached hydrogen (secondary N) is 1. The number of hydrogen-bond acceptors (Lipinski definition) is 4. The van der Waals surface area contributed by atoms with Crippen LogP contribution in [0.25, 0.3) is 0 Å². The lowest BCUT2D eigenvalue weighted by Crippen LogP contribution is -2.22. The van der Waals surface area contributed by atoms with Crippen LogP contribution in [0.4, 0.5) is 0 Å². The Morgan fingerprint density at radius 2 is 1.89 bits per heavy atom. The summed E-state index contributed by atoms with van der Waals surface area (Å²) in [7, 11) is 0. The molecule has 0 amide bonds. The van der Waals surface area contributed by atoms with Gasteiger partial charge in [-0.2, -0.15) is 0 Å². The Labute approximate surface area is 117 Å². The Morgan fingerprint density at radius 1 is 1.21 bits per heavy atom. The van der Waals surface area contributed by atoms with E-state index in [1.165, 1.54) is 0 Å². The van der Waals surface area contributed by atoms with Gasteiger partial charge < -0.3 is 10.1 Å². The van der Waals surface area contributed by atoms with Crippen LogP contribution < -0.4 is 10.1 Å². The first-order valence-electron chi connectivity index (χ1n) is 7.18. The fraction of sp³-hybridized carbons (Fsp3) is 0.733. The molecule has 0 saturated heterocycles. The molecule has 0 bridgehead atoms. The monoisotopic (exact) mass is 265 g/mol. The highest BCUT2D eigenvalue weighted by molar-refractivity contribution is 5.25. The summed E-state index contributed by atoms with van der Waals surface area (Å²) in [6, 6.07) is 0. The van der Waals surface area contributed by atoms with Crippen LogP contribution in [0.1, 0.15) is 59.0 Å². The van der Waals surface area contributed by atoms with Gasteiger partial charge in [-0.25, -0.2) is 9.97 Å². The summed E-state index contributed by atoms with van der Waals surface area (Å²) < 4.78 is 5.97. The van der Waals surface area contributed by atoms with E-state index in [1.807, 2.05) is 6.20 Å². The summed E-state index contributed by atoms with van der Waals surface area (Å²) in [5.74, 6) is 2.47. The maximum absolute atomic E-state index is 5.97. The van der Waals surface area contributed by atoms with Crippen molar-refractivity contribution in [2.75, 3.05) is 6.54 Å². The fourth-order valence-corrected chi connectivity index (χ4v) is 1.50. The van der Waals surface area contributed by atoms with Gasteiger partial charge in [0.05, 0.1) is 18.0 Å². The largest absolute Gasteiger partial charge is 0.487 e. The molecule has 1 aromatic heterocycles. The van der Waals surface area contributed by atoms with Crippen molar-refractivity contribution in [1.82, 2.24) is 15.3 Å². The number of nitrogens with zero attached hydrogens (tertiary/aromatic N) is 2. The van der Waals surface area contributed by atoms with Gasteiger partial charge in [0.2, 0.25) is 0 Å². The molecule has 0 aromatic carbocycles. The van der Waals surface area contributed by atoms with E-state index in [4.69, 9.17) is 4.74 Å². The van der Waals surface area contributed by atoms with E-state index < -0.39 is 0 Å². The Balaban J connectivity index is 2.94. The lowest BCUT2D eigenvalue weighted by molar-refractivity contribution is 0.167. The molecule has 0 radical (unpaired) electrons. The highest BCUT2D eigenvalue weighted by Gasteiger charge is 2.15. The fourth-order valence-electron chi connectivity index (χ4n) is 1.50. The molecule has 1 atom stereocenters. The van der Waals surface area contributed by atoms with E-state index in [2.05, 4.69) is 56.8 Å². The third kappa shape index (κ3) is 4.78. The van der Waals surface area contributed by atoms with Crippen molar-refractivity contribution in [2.45, 2.75) is 60.1 Å². The molecule has 0 spiro atoms. The number of hydrogen-bond donors (Lipinski definition) is 1. The van der Waals surface area contributed by atoms with E-state index in [9.17, 15) is 0 Å². The molecule has 1 heterocycles. The van der Waals surface area contributed by atoms with Crippen LogP contribution in [-0.2, 0) is 6.54 Å². The molecule has 19 heavy (non-hydrogen) atoms. The molecule has 1 N–H and O–H groups in total. The molecule has 0 aliphatic heterocycles.